The number of ketones is 2. The van der Waals surface area contributed by atoms with Crippen LogP contribution in [0.25, 0.3) is 11.5 Å². The number of primary amides is 1. The van der Waals surface area contributed by atoms with Gasteiger partial charge in [0.05, 0.1) is 11.6 Å². The van der Waals surface area contributed by atoms with Gasteiger partial charge in [-0.25, -0.2) is 4.58 Å². The van der Waals surface area contributed by atoms with E-state index < -0.39 is 58.0 Å². The summed E-state index contributed by atoms with van der Waals surface area (Å²) in [5, 5.41) is 45.0. The van der Waals surface area contributed by atoms with Crippen LogP contribution in [0.3, 0.4) is 0 Å². The predicted octanol–water partition coefficient (Wildman–Crippen LogP) is 0.971. The second-order valence-electron chi connectivity index (χ2n) is 11.8. The lowest BCUT2D eigenvalue weighted by atomic mass is 9.57. The van der Waals surface area contributed by atoms with Crippen LogP contribution in [0.15, 0.2) is 35.1 Å². The highest BCUT2D eigenvalue weighted by molar-refractivity contribution is 6.24. The lowest BCUT2D eigenvalue weighted by molar-refractivity contribution is -0.523. The van der Waals surface area contributed by atoms with Gasteiger partial charge in [0.1, 0.15) is 41.4 Å². The average molecular weight is 565 g/mol. The van der Waals surface area contributed by atoms with E-state index in [9.17, 15) is 34.8 Å². The summed E-state index contributed by atoms with van der Waals surface area (Å²) in [6.45, 7) is 1.76. The van der Waals surface area contributed by atoms with Crippen LogP contribution < -0.4 is 5.73 Å². The summed E-state index contributed by atoms with van der Waals surface area (Å²) in [6, 6.07) is 2.02. The third-order valence-electron chi connectivity index (χ3n) is 9.20. The number of amides is 1. The van der Waals surface area contributed by atoms with Gasteiger partial charge in [-0.15, -0.1) is 0 Å². The second-order valence-corrected chi connectivity index (χ2v) is 11.8. The molecule has 0 saturated heterocycles. The highest BCUT2D eigenvalue weighted by atomic mass is 16.5. The van der Waals surface area contributed by atoms with Crippen molar-refractivity contribution in [2.24, 2.45) is 17.6 Å². The largest absolute Gasteiger partial charge is 0.508 e. The molecule has 216 valence electrons. The number of phenolic OH excluding ortho intramolecular Hbond substituents is 1. The smallest absolute Gasteiger partial charge is 0.255 e. The summed E-state index contributed by atoms with van der Waals surface area (Å²) in [5.74, 6) is -6.06. The van der Waals surface area contributed by atoms with Crippen molar-refractivity contribution in [3.63, 3.8) is 0 Å². The Balaban J connectivity index is 1.43. The van der Waals surface area contributed by atoms with Crippen molar-refractivity contribution in [3.05, 3.63) is 51.8 Å². The predicted molar refractivity (Wildman–Crippen MR) is 147 cm³/mol. The van der Waals surface area contributed by atoms with E-state index in [-0.39, 0.29) is 35.8 Å². The van der Waals surface area contributed by atoms with Gasteiger partial charge in [0.15, 0.2) is 24.0 Å². The molecule has 0 bridgehead atoms. The molecule has 11 heteroatoms. The molecular formula is C30H34N3O8+. The molecule has 6 N–H and O–H groups in total. The molecule has 5 atom stereocenters. The normalized spacial score (nSPS) is 31.0. The number of aliphatic hydroxyl groups excluding tert-OH is 2. The molecule has 1 saturated carbocycles. The Morgan fingerprint density at radius 2 is 1.98 bits per heavy atom. The van der Waals surface area contributed by atoms with E-state index in [1.54, 1.807) is 20.2 Å². The van der Waals surface area contributed by atoms with Crippen LogP contribution in [0.1, 0.15) is 42.4 Å². The number of carbonyl (C=O) groups excluding carboxylic acids is 3. The number of fused-ring (bicyclic) bond motifs is 3. The van der Waals surface area contributed by atoms with E-state index in [4.69, 9.17) is 10.5 Å². The Kier molecular flexibility index (Phi) is 6.35. The highest BCUT2D eigenvalue weighted by Gasteiger charge is 2.64. The molecule has 1 fully saturated rings. The molecule has 1 aromatic carbocycles. The number of aromatic hydroxyl groups is 1. The first kappa shape index (κ1) is 27.2. The first-order valence-electron chi connectivity index (χ1n) is 13.9. The van der Waals surface area contributed by atoms with E-state index in [0.29, 0.717) is 23.3 Å². The van der Waals surface area contributed by atoms with E-state index in [0.717, 1.165) is 25.9 Å². The number of carbonyl (C=O) groups is 3. The van der Waals surface area contributed by atoms with Gasteiger partial charge in [-0.05, 0) is 56.6 Å². The summed E-state index contributed by atoms with van der Waals surface area (Å²) < 4.78 is 8.55. The Bertz CT molecular complexity index is 1520. The minimum absolute atomic E-state index is 0.0359. The van der Waals surface area contributed by atoms with Crippen LogP contribution in [-0.4, -0.2) is 98.5 Å². The molecule has 0 radical (unpaired) electrons. The van der Waals surface area contributed by atoms with Crippen molar-refractivity contribution in [3.8, 4) is 5.75 Å². The Hall–Kier alpha value is -3.96. The highest BCUT2D eigenvalue weighted by Crippen LogP contribution is 2.53. The number of benzene rings is 1. The van der Waals surface area contributed by atoms with Gasteiger partial charge in [-0.1, -0.05) is 0 Å². The molecule has 11 nitrogen and oxygen atoms in total. The van der Waals surface area contributed by atoms with E-state index in [1.807, 2.05) is 6.08 Å². The Morgan fingerprint density at radius 3 is 2.63 bits per heavy atom. The number of rotatable bonds is 5. The van der Waals surface area contributed by atoms with Crippen LogP contribution in [0.5, 0.6) is 5.75 Å². The number of phenols is 1. The van der Waals surface area contributed by atoms with Crippen molar-refractivity contribution >= 4 is 35.2 Å². The van der Waals surface area contributed by atoms with Crippen LogP contribution in [0.2, 0.25) is 0 Å². The van der Waals surface area contributed by atoms with Crippen molar-refractivity contribution < 1.29 is 44.1 Å². The molecule has 6 rings (SSSR count). The molecule has 41 heavy (non-hydrogen) atoms. The SMILES string of the molecule is CN(C)[C@@H]1C(=O)C(C(N)=O)=C(O)[C@@]2(O)C(=O)C3=C(O)c4c(O)ccc(C5=CCC(C[N+]6=CCCC6)O5)c4C[C@H]3C[C@@H]12. The number of likely N-dealkylation sites (N-methyl/N-ethyl adjacent to an activating group) is 1. The average Bonchev–Trinajstić information content (AvgIpc) is 3.59. The maximum Gasteiger partial charge on any atom is 0.255 e. The third-order valence-corrected chi connectivity index (χ3v) is 9.20. The first-order valence-corrected chi connectivity index (χ1v) is 13.9. The zero-order chi connectivity index (χ0) is 29.4. The van der Waals surface area contributed by atoms with Crippen molar-refractivity contribution in [2.75, 3.05) is 27.2 Å². The summed E-state index contributed by atoms with van der Waals surface area (Å²) in [4.78, 5) is 40.9. The summed E-state index contributed by atoms with van der Waals surface area (Å²) in [7, 11) is 3.15. The number of hydrogen-bond acceptors (Lipinski definition) is 9. The molecule has 1 unspecified atom stereocenters. The Labute approximate surface area is 236 Å². The van der Waals surface area contributed by atoms with Gasteiger partial charge in [-0.2, -0.15) is 0 Å². The maximum atomic E-state index is 14.0. The fourth-order valence-corrected chi connectivity index (χ4v) is 7.36. The standard InChI is InChI=1S/C30H33N3O8/c1-32(2)24-18-12-14-11-17-16(20-8-5-15(41-20)13-33-9-3-4-10-33)6-7-19(34)22(17)25(35)21(14)27(37)30(18,40)28(38)23(26(24)36)29(31)39/h6-9,14-15,18,24,40H,3-5,10-13H2,1-2H3,(H4-,31,34,35,36,37,38,39)/p+1/t14-,15?,18-,24-,30-/m0/s1. The molecule has 1 amide bonds. The molecule has 1 aromatic rings. The van der Waals surface area contributed by atoms with E-state index in [2.05, 4.69) is 10.8 Å². The Morgan fingerprint density at radius 1 is 1.22 bits per heavy atom. The van der Waals surface area contributed by atoms with Gasteiger partial charge in [-0.3, -0.25) is 19.3 Å². The van der Waals surface area contributed by atoms with E-state index >= 15 is 0 Å². The minimum atomic E-state index is -2.66. The molecule has 0 spiro atoms. The van der Waals surface area contributed by atoms with Crippen LogP contribution in [-0.2, 0) is 25.5 Å². The third kappa shape index (κ3) is 3.93. The second kappa shape index (κ2) is 9.56. The van der Waals surface area contributed by atoms with Gasteiger partial charge in [0.25, 0.3) is 5.91 Å². The lowest BCUT2D eigenvalue weighted by Gasteiger charge is -2.50. The van der Waals surface area contributed by atoms with Crippen molar-refractivity contribution in [1.29, 1.82) is 0 Å². The zero-order valence-corrected chi connectivity index (χ0v) is 23.0. The first-order chi connectivity index (χ1) is 19.4. The van der Waals surface area contributed by atoms with Crippen LogP contribution >= 0.6 is 0 Å². The van der Waals surface area contributed by atoms with Crippen LogP contribution in [0.4, 0.5) is 0 Å². The summed E-state index contributed by atoms with van der Waals surface area (Å²) in [5.41, 5.74) is 3.05. The van der Waals surface area contributed by atoms with E-state index in [1.165, 1.54) is 11.0 Å². The zero-order valence-electron chi connectivity index (χ0n) is 23.0. The minimum Gasteiger partial charge on any atom is -0.508 e. The monoisotopic (exact) mass is 564 g/mol. The number of nitrogens with two attached hydrogens (primary N) is 1. The molecule has 3 aliphatic carbocycles. The molecule has 2 heterocycles. The molecule has 2 aliphatic heterocycles. The summed E-state index contributed by atoms with van der Waals surface area (Å²) >= 11 is 0. The van der Waals surface area contributed by atoms with Crippen LogP contribution in [0, 0.1) is 11.8 Å². The van der Waals surface area contributed by atoms with Gasteiger partial charge >= 0.3 is 0 Å². The maximum absolute atomic E-state index is 14.0. The molecular weight excluding hydrogens is 530 g/mol. The molecule has 0 aromatic heterocycles. The number of aliphatic hydroxyl groups is 3. The van der Waals surface area contributed by atoms with Crippen molar-refractivity contribution in [1.82, 2.24) is 4.90 Å². The van der Waals surface area contributed by atoms with Gasteiger partial charge in [0.2, 0.25) is 5.78 Å². The number of ether oxygens (including phenoxy) is 1. The quantitative estimate of drug-likeness (QED) is 0.258. The topological polar surface area (TPSA) is 174 Å². The number of Topliss-reactive ketones (excluding diaryl/α,β-unsaturated/α-hetero) is 2. The fraction of sp³-hybridized carbons (Fsp3) is 0.467. The number of hydrogen-bond donors (Lipinski definition) is 5. The van der Waals surface area contributed by atoms with Gasteiger partial charge in [0, 0.05) is 36.3 Å². The molecule has 5 aliphatic rings. The fourth-order valence-electron chi connectivity index (χ4n) is 7.36. The summed E-state index contributed by atoms with van der Waals surface area (Å²) in [6.07, 6.45) is 7.27. The van der Waals surface area contributed by atoms with Gasteiger partial charge < -0.3 is 30.9 Å². The van der Waals surface area contributed by atoms with Crippen molar-refractivity contribution in [2.45, 2.75) is 49.9 Å². The lowest BCUT2D eigenvalue weighted by Crippen LogP contribution is -2.65. The number of nitrogens with zero attached hydrogens (tertiary/aromatic N) is 2.